The zero-order valence-corrected chi connectivity index (χ0v) is 11.3. The third-order valence-corrected chi connectivity index (χ3v) is 5.62. The number of carbonyl (C=O) groups excluding carboxylic acids is 1. The summed E-state index contributed by atoms with van der Waals surface area (Å²) < 4.78 is 5.64. The molecular weight excluding hydrogens is 228 g/mol. The zero-order valence-electron chi connectivity index (χ0n) is 11.3. The molecule has 0 spiro atoms. The van der Waals surface area contributed by atoms with Crippen molar-refractivity contribution in [3.8, 4) is 0 Å². The van der Waals surface area contributed by atoms with Crippen molar-refractivity contribution in [2.24, 2.45) is 23.2 Å². The van der Waals surface area contributed by atoms with E-state index in [2.05, 4.69) is 19.9 Å². The molecule has 1 saturated carbocycles. The Bertz CT molecular complexity index is 414. The lowest BCUT2D eigenvalue weighted by atomic mass is 9.54. The van der Waals surface area contributed by atoms with Gasteiger partial charge in [-0.2, -0.15) is 0 Å². The van der Waals surface area contributed by atoms with E-state index in [0.717, 1.165) is 12.8 Å². The second-order valence-electron chi connectivity index (χ2n) is 6.58. The Labute approximate surface area is 108 Å². The lowest BCUT2D eigenvalue weighted by Gasteiger charge is -2.52. The minimum Gasteiger partial charge on any atom is -0.461 e. The first-order valence-corrected chi connectivity index (χ1v) is 7.00. The van der Waals surface area contributed by atoms with E-state index in [1.165, 1.54) is 5.57 Å². The van der Waals surface area contributed by atoms with E-state index >= 15 is 0 Å². The molecule has 2 fully saturated rings. The smallest absolute Gasteiger partial charge is 0.309 e. The topological polar surface area (TPSA) is 46.5 Å². The normalized spacial score (nSPS) is 51.2. The summed E-state index contributed by atoms with van der Waals surface area (Å²) in [5, 5.41) is 10.5. The highest BCUT2D eigenvalue weighted by Gasteiger charge is 2.59. The lowest BCUT2D eigenvalue weighted by molar-refractivity contribution is -0.152. The number of aliphatic hydroxyl groups excluding tert-OH is 1. The molecule has 0 aromatic rings. The van der Waals surface area contributed by atoms with Gasteiger partial charge < -0.3 is 9.84 Å². The molecule has 0 radical (unpaired) electrons. The van der Waals surface area contributed by atoms with E-state index in [1.807, 2.05) is 6.92 Å². The van der Waals surface area contributed by atoms with Gasteiger partial charge in [-0.3, -0.25) is 4.79 Å². The molecule has 3 heteroatoms. The number of esters is 1. The van der Waals surface area contributed by atoms with Gasteiger partial charge in [-0.1, -0.05) is 25.5 Å². The average Bonchev–Trinajstić information content (AvgIpc) is 2.57. The van der Waals surface area contributed by atoms with Gasteiger partial charge in [-0.15, -0.1) is 0 Å². The number of ether oxygens (including phenoxy) is 1. The fourth-order valence-electron chi connectivity index (χ4n) is 4.39. The molecule has 18 heavy (non-hydrogen) atoms. The van der Waals surface area contributed by atoms with Crippen molar-refractivity contribution in [3.63, 3.8) is 0 Å². The van der Waals surface area contributed by atoms with E-state index in [0.29, 0.717) is 6.42 Å². The predicted octanol–water partition coefficient (Wildman–Crippen LogP) is 2.29. The van der Waals surface area contributed by atoms with Gasteiger partial charge in [0.1, 0.15) is 6.10 Å². The van der Waals surface area contributed by atoms with Crippen LogP contribution in [-0.4, -0.2) is 23.3 Å². The van der Waals surface area contributed by atoms with Gasteiger partial charge in [0.25, 0.3) is 0 Å². The fraction of sp³-hybridized carbons (Fsp3) is 0.800. The van der Waals surface area contributed by atoms with Crippen LogP contribution in [0.3, 0.4) is 0 Å². The van der Waals surface area contributed by atoms with E-state index in [-0.39, 0.29) is 41.3 Å². The van der Waals surface area contributed by atoms with Crippen LogP contribution in [0.25, 0.3) is 0 Å². The fourth-order valence-corrected chi connectivity index (χ4v) is 4.39. The Morgan fingerprint density at radius 3 is 2.94 bits per heavy atom. The molecule has 0 unspecified atom stereocenters. The van der Waals surface area contributed by atoms with Crippen molar-refractivity contribution in [1.82, 2.24) is 0 Å². The van der Waals surface area contributed by atoms with Crippen LogP contribution in [0.4, 0.5) is 0 Å². The molecule has 3 nitrogen and oxygen atoms in total. The highest BCUT2D eigenvalue weighted by molar-refractivity contribution is 5.75. The molecule has 3 aliphatic rings. The first-order valence-electron chi connectivity index (χ1n) is 7.00. The molecule has 2 aliphatic carbocycles. The molecule has 1 aliphatic heterocycles. The van der Waals surface area contributed by atoms with E-state index < -0.39 is 0 Å². The molecule has 1 N–H and O–H groups in total. The molecule has 3 rings (SSSR count). The third-order valence-electron chi connectivity index (χ3n) is 5.62. The maximum atomic E-state index is 11.8. The predicted molar refractivity (Wildman–Crippen MR) is 67.7 cm³/mol. The molecule has 100 valence electrons. The van der Waals surface area contributed by atoms with Gasteiger partial charge >= 0.3 is 5.97 Å². The summed E-state index contributed by atoms with van der Waals surface area (Å²) in [5.74, 6) is 0.240. The number of fused-ring (bicyclic) bond motifs is 3. The van der Waals surface area contributed by atoms with Crippen molar-refractivity contribution < 1.29 is 14.6 Å². The molecule has 0 bridgehead atoms. The second-order valence-corrected chi connectivity index (χ2v) is 6.58. The van der Waals surface area contributed by atoms with Crippen LogP contribution in [0.15, 0.2) is 11.6 Å². The van der Waals surface area contributed by atoms with Crippen LogP contribution in [-0.2, 0) is 9.53 Å². The summed E-state index contributed by atoms with van der Waals surface area (Å²) in [7, 11) is 0. The Balaban J connectivity index is 2.03. The largest absolute Gasteiger partial charge is 0.461 e. The van der Waals surface area contributed by atoms with Crippen molar-refractivity contribution in [3.05, 3.63) is 11.6 Å². The number of allylic oxidation sites excluding steroid dienone is 1. The first kappa shape index (κ1) is 12.2. The number of rotatable bonds is 0. The van der Waals surface area contributed by atoms with Crippen molar-refractivity contribution in [1.29, 1.82) is 0 Å². The van der Waals surface area contributed by atoms with Gasteiger partial charge in [0, 0.05) is 17.3 Å². The molecule has 1 saturated heterocycles. The summed E-state index contributed by atoms with van der Waals surface area (Å²) in [6.45, 7) is 6.21. The molecule has 1 heterocycles. The Hall–Kier alpha value is -0.830. The standard InChI is InChI=1S/C15H22O3/c1-8-5-4-6-15(3)11(16)7-10-9(2)14(17)18-13(10)12(8)15/h5,9-13,16H,4,6-7H2,1-3H3/t9-,10-,11-,12+,13-,15+/m0/s1. The van der Waals surface area contributed by atoms with Gasteiger partial charge in [-0.05, 0) is 26.2 Å². The third kappa shape index (κ3) is 1.43. The average molecular weight is 250 g/mol. The van der Waals surface area contributed by atoms with E-state index in [1.54, 1.807) is 0 Å². The highest BCUT2D eigenvalue weighted by Crippen LogP contribution is 2.56. The second kappa shape index (κ2) is 3.83. The molecule has 0 aromatic carbocycles. The van der Waals surface area contributed by atoms with Crippen LogP contribution in [0.1, 0.15) is 40.0 Å². The molecule has 0 aromatic heterocycles. The van der Waals surface area contributed by atoms with Crippen LogP contribution in [0.2, 0.25) is 0 Å². The SMILES string of the molecule is CC1=CCC[C@@]2(C)[C@H]1[C@H]1OC(=O)[C@@H](C)[C@@H]1C[C@@H]2O. The van der Waals surface area contributed by atoms with Gasteiger partial charge in [0.15, 0.2) is 0 Å². The van der Waals surface area contributed by atoms with Crippen molar-refractivity contribution >= 4 is 5.97 Å². The molecule has 6 atom stereocenters. The quantitative estimate of drug-likeness (QED) is 0.530. The minimum absolute atomic E-state index is 0.0163. The van der Waals surface area contributed by atoms with E-state index in [9.17, 15) is 9.90 Å². The Morgan fingerprint density at radius 2 is 2.22 bits per heavy atom. The minimum atomic E-state index is -0.315. The maximum absolute atomic E-state index is 11.8. The summed E-state index contributed by atoms with van der Waals surface area (Å²) in [6, 6.07) is 0. The Morgan fingerprint density at radius 1 is 1.50 bits per heavy atom. The van der Waals surface area contributed by atoms with Crippen molar-refractivity contribution in [2.75, 3.05) is 0 Å². The maximum Gasteiger partial charge on any atom is 0.309 e. The van der Waals surface area contributed by atoms with E-state index in [4.69, 9.17) is 4.74 Å². The van der Waals surface area contributed by atoms with Crippen molar-refractivity contribution in [2.45, 2.75) is 52.2 Å². The highest BCUT2D eigenvalue weighted by atomic mass is 16.6. The zero-order chi connectivity index (χ0) is 13.1. The molecular formula is C15H22O3. The monoisotopic (exact) mass is 250 g/mol. The number of carbonyl (C=O) groups is 1. The summed E-state index contributed by atoms with van der Waals surface area (Å²) in [6.07, 6.45) is 4.64. The summed E-state index contributed by atoms with van der Waals surface area (Å²) >= 11 is 0. The number of hydrogen-bond acceptors (Lipinski definition) is 3. The Kier molecular flexibility index (Phi) is 2.60. The van der Waals surface area contributed by atoms with Gasteiger partial charge in [0.2, 0.25) is 0 Å². The first-order chi connectivity index (χ1) is 8.45. The number of aliphatic hydroxyl groups is 1. The lowest BCUT2D eigenvalue weighted by Crippen LogP contribution is -2.54. The van der Waals surface area contributed by atoms with Crippen LogP contribution in [0, 0.1) is 23.2 Å². The molecule has 0 amide bonds. The summed E-state index contributed by atoms with van der Waals surface area (Å²) in [5.41, 5.74) is 1.17. The van der Waals surface area contributed by atoms with Gasteiger partial charge in [0.05, 0.1) is 12.0 Å². The van der Waals surface area contributed by atoms with Crippen LogP contribution in [0.5, 0.6) is 0 Å². The van der Waals surface area contributed by atoms with Crippen LogP contribution < -0.4 is 0 Å². The summed E-state index contributed by atoms with van der Waals surface area (Å²) in [4.78, 5) is 11.8. The van der Waals surface area contributed by atoms with Crippen LogP contribution >= 0.6 is 0 Å². The number of hydrogen-bond donors (Lipinski definition) is 1. The van der Waals surface area contributed by atoms with Gasteiger partial charge in [-0.25, -0.2) is 0 Å².